The number of hydrogen-bond acceptors (Lipinski definition) is 2. The second-order valence-electron chi connectivity index (χ2n) is 3.01. The van der Waals surface area contributed by atoms with Crippen molar-refractivity contribution in [1.82, 2.24) is 0 Å². The Kier molecular flexibility index (Phi) is 4.22. The lowest BCUT2D eigenvalue weighted by Crippen LogP contribution is -2.10. The van der Waals surface area contributed by atoms with Gasteiger partial charge in [0, 0.05) is 17.5 Å². The molecule has 2 nitrogen and oxygen atoms in total. The van der Waals surface area contributed by atoms with Crippen LogP contribution in [-0.4, -0.2) is 18.3 Å². The topological polar surface area (TPSA) is 46.2 Å². The Hall–Kier alpha value is -0.570. The van der Waals surface area contributed by atoms with E-state index in [1.807, 2.05) is 24.3 Å². The van der Waals surface area contributed by atoms with E-state index in [-0.39, 0.29) is 12.5 Å². The molecule has 0 aliphatic carbocycles. The minimum atomic E-state index is 0.138. The quantitative estimate of drug-likeness (QED) is 0.777. The highest BCUT2D eigenvalue weighted by Gasteiger charge is 2.08. The van der Waals surface area contributed by atoms with Gasteiger partial charge in [0.15, 0.2) is 0 Å². The summed E-state index contributed by atoms with van der Waals surface area (Å²) < 4.78 is 0. The van der Waals surface area contributed by atoms with E-state index in [9.17, 15) is 0 Å². The molecule has 1 aromatic rings. The number of aliphatic hydroxyl groups excluding tert-OH is 1. The van der Waals surface area contributed by atoms with Gasteiger partial charge < -0.3 is 10.8 Å². The highest BCUT2D eigenvalue weighted by Crippen LogP contribution is 2.20. The number of halogens is 1. The fourth-order valence-electron chi connectivity index (χ4n) is 1.30. The van der Waals surface area contributed by atoms with Crippen LogP contribution < -0.4 is 5.73 Å². The Morgan fingerprint density at radius 3 is 2.38 bits per heavy atom. The lowest BCUT2D eigenvalue weighted by Gasteiger charge is -2.12. The van der Waals surface area contributed by atoms with Crippen molar-refractivity contribution in [2.24, 2.45) is 5.73 Å². The Balaban J connectivity index is 2.73. The highest BCUT2D eigenvalue weighted by molar-refractivity contribution is 6.30. The fourth-order valence-corrected chi connectivity index (χ4v) is 1.43. The molecule has 0 fully saturated rings. The van der Waals surface area contributed by atoms with Gasteiger partial charge >= 0.3 is 0 Å². The van der Waals surface area contributed by atoms with Crippen LogP contribution >= 0.6 is 11.6 Å². The Bertz CT molecular complexity index is 248. The molecule has 1 unspecified atom stereocenters. The summed E-state index contributed by atoms with van der Waals surface area (Å²) in [6.45, 7) is 0.729. The summed E-state index contributed by atoms with van der Waals surface area (Å²) in [5.74, 6) is 0.141. The van der Waals surface area contributed by atoms with Gasteiger partial charge in [-0.25, -0.2) is 0 Å². The van der Waals surface area contributed by atoms with Crippen LogP contribution in [-0.2, 0) is 0 Å². The molecule has 0 spiro atoms. The van der Waals surface area contributed by atoms with Gasteiger partial charge in [-0.05, 0) is 30.7 Å². The molecule has 0 bridgehead atoms. The molecule has 0 aliphatic heterocycles. The van der Waals surface area contributed by atoms with E-state index < -0.39 is 0 Å². The van der Waals surface area contributed by atoms with Crippen molar-refractivity contribution in [3.8, 4) is 0 Å². The molecule has 1 aromatic carbocycles. The van der Waals surface area contributed by atoms with Gasteiger partial charge in [-0.2, -0.15) is 0 Å². The molecule has 0 amide bonds. The third-order valence-electron chi connectivity index (χ3n) is 2.08. The van der Waals surface area contributed by atoms with Gasteiger partial charge in [0.25, 0.3) is 0 Å². The molecule has 0 aromatic heterocycles. The summed E-state index contributed by atoms with van der Waals surface area (Å²) in [7, 11) is 0. The molecular weight excluding hydrogens is 186 g/mol. The molecule has 0 saturated carbocycles. The monoisotopic (exact) mass is 199 g/mol. The van der Waals surface area contributed by atoms with Crippen LogP contribution in [0.4, 0.5) is 0 Å². The van der Waals surface area contributed by atoms with Crippen molar-refractivity contribution < 1.29 is 5.11 Å². The van der Waals surface area contributed by atoms with Crippen molar-refractivity contribution in [3.63, 3.8) is 0 Å². The largest absolute Gasteiger partial charge is 0.396 e. The lowest BCUT2D eigenvalue weighted by atomic mass is 9.97. The maximum atomic E-state index is 9.09. The van der Waals surface area contributed by atoms with E-state index in [0.29, 0.717) is 11.6 Å². The third kappa shape index (κ3) is 2.99. The zero-order valence-corrected chi connectivity index (χ0v) is 8.17. The van der Waals surface area contributed by atoms with E-state index in [2.05, 4.69) is 0 Å². The van der Waals surface area contributed by atoms with Crippen LogP contribution in [0, 0.1) is 0 Å². The molecule has 13 heavy (non-hydrogen) atoms. The van der Waals surface area contributed by atoms with Gasteiger partial charge in [0.05, 0.1) is 0 Å². The Morgan fingerprint density at radius 2 is 1.92 bits per heavy atom. The maximum absolute atomic E-state index is 9.09. The van der Waals surface area contributed by atoms with Crippen molar-refractivity contribution in [2.75, 3.05) is 13.2 Å². The van der Waals surface area contributed by atoms with Crippen molar-refractivity contribution >= 4 is 11.6 Å². The SMILES string of the molecule is NCCC(CO)c1ccc(Cl)cc1. The van der Waals surface area contributed by atoms with Crippen LogP contribution in [0.1, 0.15) is 17.9 Å². The summed E-state index contributed by atoms with van der Waals surface area (Å²) in [5.41, 5.74) is 6.53. The second-order valence-corrected chi connectivity index (χ2v) is 3.44. The van der Waals surface area contributed by atoms with Gasteiger partial charge in [-0.15, -0.1) is 0 Å². The van der Waals surface area contributed by atoms with Crippen LogP contribution in [0.15, 0.2) is 24.3 Å². The first kappa shape index (κ1) is 10.5. The third-order valence-corrected chi connectivity index (χ3v) is 2.33. The number of hydrogen-bond donors (Lipinski definition) is 2. The van der Waals surface area contributed by atoms with Crippen LogP contribution in [0.5, 0.6) is 0 Å². The van der Waals surface area contributed by atoms with Crippen molar-refractivity contribution in [3.05, 3.63) is 34.9 Å². The van der Waals surface area contributed by atoms with Crippen LogP contribution in [0.25, 0.3) is 0 Å². The number of benzene rings is 1. The molecular formula is C10H14ClNO. The summed E-state index contributed by atoms with van der Waals surface area (Å²) >= 11 is 5.75. The zero-order valence-electron chi connectivity index (χ0n) is 7.41. The average Bonchev–Trinajstić information content (AvgIpc) is 2.16. The molecule has 1 atom stereocenters. The summed E-state index contributed by atoms with van der Waals surface area (Å²) in [5, 5.41) is 9.81. The van der Waals surface area contributed by atoms with Gasteiger partial charge in [-0.1, -0.05) is 23.7 Å². The first-order valence-electron chi connectivity index (χ1n) is 4.34. The van der Waals surface area contributed by atoms with E-state index >= 15 is 0 Å². The lowest BCUT2D eigenvalue weighted by molar-refractivity contribution is 0.260. The molecule has 0 heterocycles. The van der Waals surface area contributed by atoms with Crippen LogP contribution in [0.3, 0.4) is 0 Å². The normalized spacial score (nSPS) is 12.8. The standard InChI is InChI=1S/C10H14ClNO/c11-10-3-1-8(2-4-10)9(7-13)5-6-12/h1-4,9,13H,5-7,12H2. The first-order valence-corrected chi connectivity index (χ1v) is 4.72. The predicted molar refractivity (Wildman–Crippen MR) is 55.0 cm³/mol. The Labute approximate surface area is 83.3 Å². The van der Waals surface area contributed by atoms with Gasteiger partial charge in [-0.3, -0.25) is 0 Å². The fraction of sp³-hybridized carbons (Fsp3) is 0.400. The molecule has 3 heteroatoms. The molecule has 3 N–H and O–H groups in total. The number of rotatable bonds is 4. The number of nitrogens with two attached hydrogens (primary N) is 1. The molecule has 1 rings (SSSR count). The van der Waals surface area contributed by atoms with Crippen molar-refractivity contribution in [2.45, 2.75) is 12.3 Å². The van der Waals surface area contributed by atoms with Gasteiger partial charge in [0.1, 0.15) is 0 Å². The average molecular weight is 200 g/mol. The van der Waals surface area contributed by atoms with Crippen LogP contribution in [0.2, 0.25) is 5.02 Å². The summed E-state index contributed by atoms with van der Waals surface area (Å²) in [6, 6.07) is 7.52. The predicted octanol–water partition coefficient (Wildman–Crippen LogP) is 1.76. The molecule has 0 saturated heterocycles. The molecule has 72 valence electrons. The minimum Gasteiger partial charge on any atom is -0.396 e. The Morgan fingerprint density at radius 1 is 1.31 bits per heavy atom. The van der Waals surface area contributed by atoms with E-state index in [1.165, 1.54) is 0 Å². The highest BCUT2D eigenvalue weighted by atomic mass is 35.5. The summed E-state index contributed by atoms with van der Waals surface area (Å²) in [6.07, 6.45) is 0.804. The summed E-state index contributed by atoms with van der Waals surface area (Å²) in [4.78, 5) is 0. The second kappa shape index (κ2) is 5.22. The van der Waals surface area contributed by atoms with Crippen molar-refractivity contribution in [1.29, 1.82) is 0 Å². The molecule has 0 radical (unpaired) electrons. The molecule has 0 aliphatic rings. The number of aliphatic hydroxyl groups is 1. The van der Waals surface area contributed by atoms with E-state index in [0.717, 1.165) is 12.0 Å². The smallest absolute Gasteiger partial charge is 0.0500 e. The first-order chi connectivity index (χ1) is 6.27. The minimum absolute atomic E-state index is 0.138. The maximum Gasteiger partial charge on any atom is 0.0500 e. The van der Waals surface area contributed by atoms with E-state index in [1.54, 1.807) is 0 Å². The van der Waals surface area contributed by atoms with E-state index in [4.69, 9.17) is 22.4 Å². The van der Waals surface area contributed by atoms with Gasteiger partial charge in [0.2, 0.25) is 0 Å². The zero-order chi connectivity index (χ0) is 9.68.